The molecule has 0 radical (unpaired) electrons. The Hall–Kier alpha value is -1.35. The lowest BCUT2D eigenvalue weighted by Crippen LogP contribution is -2.49. The van der Waals surface area contributed by atoms with Gasteiger partial charge in [0.15, 0.2) is 5.96 Å². The van der Waals surface area contributed by atoms with E-state index in [9.17, 15) is 13.2 Å². The molecule has 0 aromatic heterocycles. The van der Waals surface area contributed by atoms with Crippen LogP contribution in [0.15, 0.2) is 4.99 Å². The molecule has 1 saturated heterocycles. The van der Waals surface area contributed by atoms with Gasteiger partial charge in [-0.2, -0.15) is 0 Å². The molecule has 0 aromatic rings. The molecule has 0 unspecified atom stereocenters. The molecule has 1 aliphatic heterocycles. The molecule has 0 saturated carbocycles. The normalized spacial score (nSPS) is 17.8. The average Bonchev–Trinajstić information content (AvgIpc) is 2.58. The van der Waals surface area contributed by atoms with Gasteiger partial charge in [-0.3, -0.25) is 9.79 Å². The minimum absolute atomic E-state index is 0.0312. The van der Waals surface area contributed by atoms with E-state index in [-0.39, 0.29) is 11.7 Å². The molecule has 0 spiro atoms. The van der Waals surface area contributed by atoms with E-state index in [0.717, 1.165) is 38.4 Å². The van der Waals surface area contributed by atoms with Gasteiger partial charge in [0.05, 0.1) is 17.7 Å². The monoisotopic (exact) mass is 389 g/mol. The highest BCUT2D eigenvalue weighted by atomic mass is 32.2. The molecule has 8 nitrogen and oxygen atoms in total. The third-order valence-electron chi connectivity index (χ3n) is 4.53. The van der Waals surface area contributed by atoms with Crippen LogP contribution < -0.4 is 16.0 Å². The standard InChI is InChI=1S/C17H35N5O3S/c1-6-19-16(20-13-17(2,3)15(23)18-4)21-14-7-9-22(10-8-14)11-12-26(5,24)25/h14H,6-13H2,1-5H3,(H,18,23)(H2,19,20,21). The van der Waals surface area contributed by atoms with Gasteiger partial charge in [-0.1, -0.05) is 0 Å². The first-order chi connectivity index (χ1) is 12.1. The lowest BCUT2D eigenvalue weighted by molar-refractivity contribution is -0.128. The van der Waals surface area contributed by atoms with Crippen LogP contribution in [0.2, 0.25) is 0 Å². The highest BCUT2D eigenvalue weighted by Crippen LogP contribution is 2.15. The number of hydrogen-bond acceptors (Lipinski definition) is 5. The second-order valence-electron chi connectivity index (χ2n) is 7.55. The summed E-state index contributed by atoms with van der Waals surface area (Å²) in [6, 6.07) is 0.297. The van der Waals surface area contributed by atoms with Gasteiger partial charge >= 0.3 is 0 Å². The summed E-state index contributed by atoms with van der Waals surface area (Å²) >= 11 is 0. The molecule has 1 aliphatic rings. The molecule has 26 heavy (non-hydrogen) atoms. The molecule has 0 bridgehead atoms. The summed E-state index contributed by atoms with van der Waals surface area (Å²) < 4.78 is 22.6. The number of sulfone groups is 1. The van der Waals surface area contributed by atoms with Crippen molar-refractivity contribution in [2.24, 2.45) is 10.4 Å². The van der Waals surface area contributed by atoms with Gasteiger partial charge in [0.25, 0.3) is 0 Å². The van der Waals surface area contributed by atoms with E-state index in [1.54, 1.807) is 7.05 Å². The maximum atomic E-state index is 11.9. The average molecular weight is 390 g/mol. The second-order valence-corrected chi connectivity index (χ2v) is 9.81. The zero-order valence-corrected chi connectivity index (χ0v) is 17.6. The Morgan fingerprint density at radius 1 is 1.27 bits per heavy atom. The number of likely N-dealkylation sites (tertiary alicyclic amines) is 1. The summed E-state index contributed by atoms with van der Waals surface area (Å²) in [5, 5.41) is 9.34. The van der Waals surface area contributed by atoms with E-state index in [4.69, 9.17) is 0 Å². The number of piperidine rings is 1. The summed E-state index contributed by atoms with van der Waals surface area (Å²) in [7, 11) is -1.28. The van der Waals surface area contributed by atoms with Crippen LogP contribution in [0.3, 0.4) is 0 Å². The van der Waals surface area contributed by atoms with Crippen molar-refractivity contribution in [1.29, 1.82) is 0 Å². The summed E-state index contributed by atoms with van der Waals surface area (Å²) in [5.41, 5.74) is -0.563. The molecule has 1 fully saturated rings. The number of amides is 1. The van der Waals surface area contributed by atoms with E-state index >= 15 is 0 Å². The van der Waals surface area contributed by atoms with Crippen LogP contribution in [0, 0.1) is 5.41 Å². The smallest absolute Gasteiger partial charge is 0.227 e. The van der Waals surface area contributed by atoms with Gasteiger partial charge < -0.3 is 20.9 Å². The van der Waals surface area contributed by atoms with Gasteiger partial charge in [-0.15, -0.1) is 0 Å². The zero-order chi connectivity index (χ0) is 19.8. The van der Waals surface area contributed by atoms with Crippen LogP contribution in [-0.4, -0.2) is 83.0 Å². The lowest BCUT2D eigenvalue weighted by atomic mass is 9.93. The predicted molar refractivity (Wildman–Crippen MR) is 106 cm³/mol. The molecule has 0 aromatic carbocycles. The largest absolute Gasteiger partial charge is 0.359 e. The number of nitrogens with zero attached hydrogens (tertiary/aromatic N) is 2. The summed E-state index contributed by atoms with van der Waals surface area (Å²) in [6.07, 6.45) is 3.15. The van der Waals surface area contributed by atoms with Gasteiger partial charge in [0, 0.05) is 45.5 Å². The molecule has 0 atom stereocenters. The topological polar surface area (TPSA) is 103 Å². The number of nitrogens with one attached hydrogen (secondary N) is 3. The summed E-state index contributed by atoms with van der Waals surface area (Å²) in [6.45, 7) is 9.24. The van der Waals surface area contributed by atoms with Crippen molar-refractivity contribution < 1.29 is 13.2 Å². The van der Waals surface area contributed by atoms with E-state index in [2.05, 4.69) is 25.8 Å². The Balaban J connectivity index is 2.53. The number of carbonyl (C=O) groups is 1. The Morgan fingerprint density at radius 3 is 2.38 bits per heavy atom. The molecule has 1 rings (SSSR count). The third kappa shape index (κ3) is 8.35. The van der Waals surface area contributed by atoms with E-state index in [0.29, 0.717) is 19.1 Å². The molecule has 1 amide bonds. The highest BCUT2D eigenvalue weighted by molar-refractivity contribution is 7.90. The van der Waals surface area contributed by atoms with Crippen LogP contribution in [0.25, 0.3) is 0 Å². The fraction of sp³-hybridized carbons (Fsp3) is 0.882. The number of carbonyl (C=O) groups excluding carboxylic acids is 1. The van der Waals surface area contributed by atoms with Crippen molar-refractivity contribution in [2.75, 3.05) is 51.8 Å². The van der Waals surface area contributed by atoms with Gasteiger partial charge in [-0.05, 0) is 33.6 Å². The SMILES string of the molecule is CCNC(=NCC(C)(C)C(=O)NC)NC1CCN(CCS(C)(=O)=O)CC1. The molecular formula is C17H35N5O3S. The van der Waals surface area contributed by atoms with E-state index in [1.807, 2.05) is 20.8 Å². The second kappa shape index (κ2) is 10.1. The Kier molecular flexibility index (Phi) is 8.82. The van der Waals surface area contributed by atoms with Crippen LogP contribution >= 0.6 is 0 Å². The molecule has 1 heterocycles. The Morgan fingerprint density at radius 2 is 1.88 bits per heavy atom. The fourth-order valence-electron chi connectivity index (χ4n) is 2.80. The van der Waals surface area contributed by atoms with Crippen LogP contribution in [0.5, 0.6) is 0 Å². The summed E-state index contributed by atoms with van der Waals surface area (Å²) in [5.74, 6) is 0.902. The highest BCUT2D eigenvalue weighted by Gasteiger charge is 2.27. The van der Waals surface area contributed by atoms with Crippen LogP contribution in [0.4, 0.5) is 0 Å². The van der Waals surface area contributed by atoms with E-state index < -0.39 is 15.3 Å². The molecule has 152 valence electrons. The number of guanidine groups is 1. The maximum absolute atomic E-state index is 11.9. The van der Waals surface area contributed by atoms with Crippen LogP contribution in [0.1, 0.15) is 33.6 Å². The molecule has 3 N–H and O–H groups in total. The number of aliphatic imine (C=N–C) groups is 1. The van der Waals surface area contributed by atoms with Crippen molar-refractivity contribution >= 4 is 21.7 Å². The number of hydrogen-bond donors (Lipinski definition) is 3. The fourth-order valence-corrected chi connectivity index (χ4v) is 3.39. The van der Waals surface area contributed by atoms with Crippen LogP contribution in [-0.2, 0) is 14.6 Å². The van der Waals surface area contributed by atoms with Crippen molar-refractivity contribution in [3.8, 4) is 0 Å². The van der Waals surface area contributed by atoms with Gasteiger partial charge in [0.2, 0.25) is 5.91 Å². The molecule has 0 aliphatic carbocycles. The molecular weight excluding hydrogens is 354 g/mol. The predicted octanol–water partition coefficient (Wildman–Crippen LogP) is -0.177. The van der Waals surface area contributed by atoms with E-state index in [1.165, 1.54) is 6.26 Å². The Bertz CT molecular complexity index is 581. The Labute approximate surface area is 158 Å². The quantitative estimate of drug-likeness (QED) is 0.393. The minimum Gasteiger partial charge on any atom is -0.359 e. The number of rotatable bonds is 8. The molecule has 9 heteroatoms. The van der Waals surface area contributed by atoms with Gasteiger partial charge in [0.1, 0.15) is 9.84 Å². The lowest BCUT2D eigenvalue weighted by Gasteiger charge is -2.33. The first-order valence-electron chi connectivity index (χ1n) is 9.24. The van der Waals surface area contributed by atoms with Crippen molar-refractivity contribution in [3.63, 3.8) is 0 Å². The van der Waals surface area contributed by atoms with Crippen molar-refractivity contribution in [1.82, 2.24) is 20.9 Å². The van der Waals surface area contributed by atoms with Gasteiger partial charge in [-0.25, -0.2) is 8.42 Å². The minimum atomic E-state index is -2.91. The van der Waals surface area contributed by atoms with Crippen molar-refractivity contribution in [3.05, 3.63) is 0 Å². The zero-order valence-electron chi connectivity index (χ0n) is 16.8. The van der Waals surface area contributed by atoms with Crippen molar-refractivity contribution in [2.45, 2.75) is 39.7 Å². The maximum Gasteiger partial charge on any atom is 0.227 e. The summed E-state index contributed by atoms with van der Waals surface area (Å²) in [4.78, 5) is 18.7. The third-order valence-corrected chi connectivity index (χ3v) is 5.45. The first-order valence-corrected chi connectivity index (χ1v) is 11.3. The first kappa shape index (κ1) is 22.7.